The van der Waals surface area contributed by atoms with Crippen LogP contribution in [0.3, 0.4) is 0 Å². The fraction of sp³-hybridized carbons (Fsp3) is 0.0909. The highest BCUT2D eigenvalue weighted by Crippen LogP contribution is 2.36. The van der Waals surface area contributed by atoms with Crippen LogP contribution >= 0.6 is 11.6 Å². The Morgan fingerprint density at radius 1 is 0.963 bits per heavy atom. The van der Waals surface area contributed by atoms with Crippen molar-refractivity contribution in [1.82, 2.24) is 9.97 Å². The summed E-state index contributed by atoms with van der Waals surface area (Å²) in [4.78, 5) is 8.88. The van der Waals surface area contributed by atoms with E-state index in [0.29, 0.717) is 16.4 Å². The molecule has 4 nitrogen and oxygen atoms in total. The Labute approximate surface area is 162 Å². The van der Waals surface area contributed by atoms with Crippen LogP contribution in [0.25, 0.3) is 10.9 Å². The van der Waals surface area contributed by atoms with Gasteiger partial charge in [-0.1, -0.05) is 48.0 Å². The molecule has 0 saturated carbocycles. The lowest BCUT2D eigenvalue weighted by Crippen LogP contribution is -2.13. The molecule has 0 bridgehead atoms. The van der Waals surface area contributed by atoms with Gasteiger partial charge in [0.25, 0.3) is 0 Å². The maximum Gasteiger partial charge on any atom is 0.147 e. The number of aryl methyl sites for hydroxylation is 1. The summed E-state index contributed by atoms with van der Waals surface area (Å²) in [5.74, 6) is 0.883. The number of halogens is 1. The van der Waals surface area contributed by atoms with Crippen LogP contribution in [0.4, 0.5) is 5.82 Å². The molecule has 2 N–H and O–H groups in total. The Bertz CT molecular complexity index is 1080. The van der Waals surface area contributed by atoms with E-state index in [0.717, 1.165) is 22.2 Å². The van der Waals surface area contributed by atoms with E-state index in [-0.39, 0.29) is 11.8 Å². The quantitative estimate of drug-likeness (QED) is 0.494. The normalized spacial score (nSPS) is 12.1. The van der Waals surface area contributed by atoms with E-state index in [1.165, 1.54) is 0 Å². The number of phenols is 1. The molecular weight excluding hydrogens is 358 g/mol. The number of hydrogen-bond acceptors (Lipinski definition) is 4. The predicted molar refractivity (Wildman–Crippen MR) is 109 cm³/mol. The third-order valence-electron chi connectivity index (χ3n) is 4.48. The van der Waals surface area contributed by atoms with Gasteiger partial charge in [0, 0.05) is 27.9 Å². The molecule has 0 aliphatic rings. The van der Waals surface area contributed by atoms with E-state index >= 15 is 0 Å². The van der Waals surface area contributed by atoms with Crippen LogP contribution in [0.1, 0.15) is 22.9 Å². The number of rotatable bonds is 4. The lowest BCUT2D eigenvalue weighted by molar-refractivity contribution is 0.471. The molecule has 134 valence electrons. The molecule has 4 aromatic rings. The first kappa shape index (κ1) is 17.3. The molecule has 2 aromatic carbocycles. The minimum atomic E-state index is -0.302. The molecular formula is C22H18ClN3O. The molecule has 0 spiro atoms. The zero-order valence-electron chi connectivity index (χ0n) is 14.7. The Morgan fingerprint density at radius 3 is 2.48 bits per heavy atom. The van der Waals surface area contributed by atoms with Crippen LogP contribution < -0.4 is 5.32 Å². The molecule has 0 aliphatic carbocycles. The molecule has 0 radical (unpaired) electrons. The number of hydrogen-bond donors (Lipinski definition) is 2. The number of phenolic OH excluding ortho intramolecular Hbond substituents is 1. The minimum absolute atomic E-state index is 0.166. The zero-order valence-corrected chi connectivity index (χ0v) is 15.5. The SMILES string of the molecule is Cc1ccc2ccc(C(Nc3ccccn3)c3ccc(Cl)cc3)c(O)c2n1. The van der Waals surface area contributed by atoms with Gasteiger partial charge in [-0.25, -0.2) is 9.97 Å². The summed E-state index contributed by atoms with van der Waals surface area (Å²) in [7, 11) is 0. The maximum absolute atomic E-state index is 11.0. The molecule has 0 aliphatic heterocycles. The first-order chi connectivity index (χ1) is 13.1. The Kier molecular flexibility index (Phi) is 4.65. The highest BCUT2D eigenvalue weighted by molar-refractivity contribution is 6.30. The first-order valence-electron chi connectivity index (χ1n) is 8.64. The molecule has 4 rings (SSSR count). The van der Waals surface area contributed by atoms with Crippen molar-refractivity contribution >= 4 is 28.3 Å². The topological polar surface area (TPSA) is 58.0 Å². The summed E-state index contributed by atoms with van der Waals surface area (Å²) in [5.41, 5.74) is 3.14. The summed E-state index contributed by atoms with van der Waals surface area (Å²) in [5, 5.41) is 16.0. The van der Waals surface area contributed by atoms with Gasteiger partial charge in [0.15, 0.2) is 0 Å². The summed E-state index contributed by atoms with van der Waals surface area (Å²) < 4.78 is 0. The van der Waals surface area contributed by atoms with E-state index in [1.807, 2.05) is 73.7 Å². The predicted octanol–water partition coefficient (Wildman–Crippen LogP) is 5.50. The van der Waals surface area contributed by atoms with Gasteiger partial charge in [-0.3, -0.25) is 0 Å². The number of benzene rings is 2. The molecule has 27 heavy (non-hydrogen) atoms. The van der Waals surface area contributed by atoms with Crippen molar-refractivity contribution in [3.63, 3.8) is 0 Å². The van der Waals surface area contributed by atoms with E-state index in [2.05, 4.69) is 15.3 Å². The second-order valence-electron chi connectivity index (χ2n) is 6.37. The smallest absolute Gasteiger partial charge is 0.147 e. The number of aromatic nitrogens is 2. The number of aromatic hydroxyl groups is 1. The van der Waals surface area contributed by atoms with Crippen molar-refractivity contribution in [2.75, 3.05) is 5.32 Å². The fourth-order valence-electron chi connectivity index (χ4n) is 3.11. The van der Waals surface area contributed by atoms with Crippen molar-refractivity contribution in [1.29, 1.82) is 0 Å². The lowest BCUT2D eigenvalue weighted by atomic mass is 9.96. The molecule has 1 unspecified atom stereocenters. The molecule has 0 saturated heterocycles. The Balaban J connectivity index is 1.86. The molecule has 0 fully saturated rings. The first-order valence-corrected chi connectivity index (χ1v) is 9.02. The Hall–Kier alpha value is -3.11. The van der Waals surface area contributed by atoms with Crippen molar-refractivity contribution in [2.24, 2.45) is 0 Å². The summed E-state index contributed by atoms with van der Waals surface area (Å²) in [6.45, 7) is 1.91. The zero-order chi connectivity index (χ0) is 18.8. The van der Waals surface area contributed by atoms with Gasteiger partial charge in [0.2, 0.25) is 0 Å². The van der Waals surface area contributed by atoms with Gasteiger partial charge in [-0.15, -0.1) is 0 Å². The minimum Gasteiger partial charge on any atom is -0.505 e. The maximum atomic E-state index is 11.0. The molecule has 5 heteroatoms. The highest BCUT2D eigenvalue weighted by Gasteiger charge is 2.20. The van der Waals surface area contributed by atoms with Gasteiger partial charge in [-0.05, 0) is 42.8 Å². The van der Waals surface area contributed by atoms with E-state index < -0.39 is 0 Å². The number of nitrogens with one attached hydrogen (secondary N) is 1. The second-order valence-corrected chi connectivity index (χ2v) is 6.81. The molecule has 1 atom stereocenters. The monoisotopic (exact) mass is 375 g/mol. The van der Waals surface area contributed by atoms with E-state index in [4.69, 9.17) is 11.6 Å². The van der Waals surface area contributed by atoms with Crippen molar-refractivity contribution < 1.29 is 5.11 Å². The molecule has 2 aromatic heterocycles. The van der Waals surface area contributed by atoms with Gasteiger partial charge >= 0.3 is 0 Å². The number of fused-ring (bicyclic) bond motifs is 1. The lowest BCUT2D eigenvalue weighted by Gasteiger charge is -2.22. The van der Waals surface area contributed by atoms with Crippen molar-refractivity contribution in [2.45, 2.75) is 13.0 Å². The standard InChI is InChI=1S/C22H18ClN3O/c1-14-5-6-16-9-12-18(22(27)21(16)25-14)20(15-7-10-17(23)11-8-15)26-19-4-2-3-13-24-19/h2-13,20,27H,1H3,(H,24,26). The second kappa shape index (κ2) is 7.25. The number of nitrogens with zero attached hydrogens (tertiary/aromatic N) is 2. The average Bonchev–Trinajstić information content (AvgIpc) is 2.69. The van der Waals surface area contributed by atoms with Crippen molar-refractivity contribution in [3.05, 3.63) is 94.8 Å². The summed E-state index contributed by atoms with van der Waals surface area (Å²) in [6, 6.07) is 20.7. The third-order valence-corrected chi connectivity index (χ3v) is 4.73. The van der Waals surface area contributed by atoms with E-state index in [1.54, 1.807) is 6.20 Å². The van der Waals surface area contributed by atoms with Crippen LogP contribution in [0.2, 0.25) is 5.02 Å². The van der Waals surface area contributed by atoms with Gasteiger partial charge in [0.1, 0.15) is 17.1 Å². The molecule has 0 amide bonds. The number of anilines is 1. The average molecular weight is 376 g/mol. The Morgan fingerprint density at radius 2 is 1.74 bits per heavy atom. The van der Waals surface area contributed by atoms with Crippen LogP contribution in [0.15, 0.2) is 72.9 Å². The number of pyridine rings is 2. The highest BCUT2D eigenvalue weighted by atomic mass is 35.5. The van der Waals surface area contributed by atoms with Gasteiger partial charge in [-0.2, -0.15) is 0 Å². The fourth-order valence-corrected chi connectivity index (χ4v) is 3.24. The van der Waals surface area contributed by atoms with Crippen molar-refractivity contribution in [3.8, 4) is 5.75 Å². The van der Waals surface area contributed by atoms with Crippen LogP contribution in [0, 0.1) is 6.92 Å². The van der Waals surface area contributed by atoms with Gasteiger partial charge in [0.05, 0.1) is 6.04 Å². The van der Waals surface area contributed by atoms with Crippen LogP contribution in [-0.4, -0.2) is 15.1 Å². The largest absolute Gasteiger partial charge is 0.505 e. The summed E-state index contributed by atoms with van der Waals surface area (Å²) in [6.07, 6.45) is 1.73. The summed E-state index contributed by atoms with van der Waals surface area (Å²) >= 11 is 6.06. The van der Waals surface area contributed by atoms with Crippen LogP contribution in [-0.2, 0) is 0 Å². The molecule has 2 heterocycles. The van der Waals surface area contributed by atoms with Gasteiger partial charge < -0.3 is 10.4 Å². The van der Waals surface area contributed by atoms with E-state index in [9.17, 15) is 5.11 Å². The van der Waals surface area contributed by atoms with Crippen LogP contribution in [0.5, 0.6) is 5.75 Å². The third kappa shape index (κ3) is 3.57.